The molecular formula is C32H29N5O3. The maximum absolute atomic E-state index is 13.1. The van der Waals surface area contributed by atoms with Crippen LogP contribution in [0.2, 0.25) is 0 Å². The summed E-state index contributed by atoms with van der Waals surface area (Å²) in [6, 6.07) is 24.3. The van der Waals surface area contributed by atoms with E-state index in [0.717, 1.165) is 77.7 Å². The molecule has 7 rings (SSSR count). The first-order valence-corrected chi connectivity index (χ1v) is 13.5. The van der Waals surface area contributed by atoms with Crippen LogP contribution in [0, 0.1) is 0 Å². The summed E-state index contributed by atoms with van der Waals surface area (Å²) in [5.74, 6) is 0.712. The number of hydrogen-bond acceptors (Lipinski definition) is 6. The number of carbonyl (C=O) groups excluding carboxylic acids is 1. The number of carbonyl (C=O) groups is 1. The third kappa shape index (κ3) is 4.74. The van der Waals surface area contributed by atoms with E-state index in [9.17, 15) is 4.79 Å². The Labute approximate surface area is 232 Å². The number of aromatic nitrogens is 2. The summed E-state index contributed by atoms with van der Waals surface area (Å²) in [7, 11) is 0. The van der Waals surface area contributed by atoms with Crippen LogP contribution in [0.25, 0.3) is 16.6 Å². The summed E-state index contributed by atoms with van der Waals surface area (Å²) < 4.78 is 13.4. The van der Waals surface area contributed by atoms with Crippen LogP contribution in [0.3, 0.4) is 0 Å². The second-order valence-electron chi connectivity index (χ2n) is 10.0. The number of hydrogen-bond donors (Lipinski definition) is 2. The van der Waals surface area contributed by atoms with Crippen molar-refractivity contribution in [3.63, 3.8) is 0 Å². The van der Waals surface area contributed by atoms with Gasteiger partial charge in [-0.15, -0.1) is 0 Å². The van der Waals surface area contributed by atoms with Crippen molar-refractivity contribution in [1.82, 2.24) is 9.38 Å². The fourth-order valence-electron chi connectivity index (χ4n) is 5.36. The SMILES string of the molecule is O=C1Nc2cc(CCOc3ccc(N4CCOCC4)cc3)ccc2Nc2cc(-c3cccn4cncc34)ccc21. The van der Waals surface area contributed by atoms with Crippen molar-refractivity contribution in [2.45, 2.75) is 6.42 Å². The van der Waals surface area contributed by atoms with Gasteiger partial charge in [0.05, 0.1) is 60.5 Å². The summed E-state index contributed by atoms with van der Waals surface area (Å²) in [5, 5.41) is 6.56. The molecule has 0 saturated carbocycles. The lowest BCUT2D eigenvalue weighted by molar-refractivity contribution is 0.102. The van der Waals surface area contributed by atoms with E-state index in [1.54, 1.807) is 6.33 Å². The number of rotatable bonds is 6. The maximum Gasteiger partial charge on any atom is 0.257 e. The number of pyridine rings is 1. The first-order chi connectivity index (χ1) is 19.7. The van der Waals surface area contributed by atoms with E-state index in [2.05, 4.69) is 44.8 Å². The Kier molecular flexibility index (Phi) is 6.30. The van der Waals surface area contributed by atoms with E-state index in [1.165, 1.54) is 5.69 Å². The largest absolute Gasteiger partial charge is 0.493 e. The van der Waals surface area contributed by atoms with Crippen LogP contribution >= 0.6 is 0 Å². The summed E-state index contributed by atoms with van der Waals surface area (Å²) in [4.78, 5) is 19.7. The van der Waals surface area contributed by atoms with Crippen LogP contribution in [-0.4, -0.2) is 48.2 Å². The lowest BCUT2D eigenvalue weighted by atomic mass is 10.0. The molecule has 0 atom stereocenters. The van der Waals surface area contributed by atoms with Crippen LogP contribution in [0.5, 0.6) is 5.75 Å². The minimum Gasteiger partial charge on any atom is -0.493 e. The van der Waals surface area contributed by atoms with Crippen molar-refractivity contribution in [2.24, 2.45) is 0 Å². The zero-order chi connectivity index (χ0) is 26.9. The first kappa shape index (κ1) is 24.2. The van der Waals surface area contributed by atoms with Crippen LogP contribution in [-0.2, 0) is 11.2 Å². The van der Waals surface area contributed by atoms with E-state index >= 15 is 0 Å². The Morgan fingerprint density at radius 1 is 0.875 bits per heavy atom. The molecule has 2 N–H and O–H groups in total. The van der Waals surface area contributed by atoms with Crippen LogP contribution in [0.4, 0.5) is 22.7 Å². The molecular weight excluding hydrogens is 502 g/mol. The molecule has 2 aliphatic rings. The van der Waals surface area contributed by atoms with Gasteiger partial charge in [0.2, 0.25) is 0 Å². The molecule has 0 aliphatic carbocycles. The fraction of sp³-hybridized carbons (Fsp3) is 0.188. The highest BCUT2D eigenvalue weighted by Crippen LogP contribution is 2.36. The molecule has 8 heteroatoms. The van der Waals surface area contributed by atoms with Crippen molar-refractivity contribution in [3.8, 4) is 16.9 Å². The van der Waals surface area contributed by atoms with Gasteiger partial charge in [0.15, 0.2) is 0 Å². The fourth-order valence-corrected chi connectivity index (χ4v) is 5.36. The van der Waals surface area contributed by atoms with Gasteiger partial charge >= 0.3 is 0 Å². The van der Waals surface area contributed by atoms with Crippen molar-refractivity contribution in [3.05, 3.63) is 103 Å². The average Bonchev–Trinajstić information content (AvgIpc) is 3.43. The molecule has 2 aromatic heterocycles. The van der Waals surface area contributed by atoms with Crippen LogP contribution < -0.4 is 20.3 Å². The number of ether oxygens (including phenoxy) is 2. The Bertz CT molecular complexity index is 1690. The third-order valence-electron chi connectivity index (χ3n) is 7.50. The first-order valence-electron chi connectivity index (χ1n) is 13.5. The third-order valence-corrected chi connectivity index (χ3v) is 7.50. The predicted octanol–water partition coefficient (Wildman–Crippen LogP) is 5.77. The smallest absolute Gasteiger partial charge is 0.257 e. The average molecular weight is 532 g/mol. The second kappa shape index (κ2) is 10.4. The van der Waals surface area contributed by atoms with E-state index in [4.69, 9.17) is 9.47 Å². The lowest BCUT2D eigenvalue weighted by Crippen LogP contribution is -2.36. The maximum atomic E-state index is 13.1. The van der Waals surface area contributed by atoms with E-state index in [0.29, 0.717) is 12.2 Å². The zero-order valence-electron chi connectivity index (χ0n) is 22.0. The van der Waals surface area contributed by atoms with E-state index < -0.39 is 0 Å². The molecule has 1 fully saturated rings. The molecule has 1 amide bonds. The number of morpholine rings is 1. The van der Waals surface area contributed by atoms with Gasteiger partial charge in [0.1, 0.15) is 5.75 Å². The number of anilines is 4. The highest BCUT2D eigenvalue weighted by molar-refractivity contribution is 6.12. The van der Waals surface area contributed by atoms with Crippen molar-refractivity contribution < 1.29 is 14.3 Å². The standard InChI is InChI=1S/C32H29N5O3/c38-32-27-9-4-23(26-2-1-12-37-21-33-20-31(26)37)19-29(27)34-28-10-3-22(18-30(28)35-32)11-15-40-25-7-5-24(6-8-25)36-13-16-39-17-14-36/h1-10,12,18-21,34H,11,13-17H2,(H,35,38). The Balaban J connectivity index is 1.04. The van der Waals surface area contributed by atoms with Crippen LogP contribution in [0.1, 0.15) is 15.9 Å². The van der Waals surface area contributed by atoms with Gasteiger partial charge in [0, 0.05) is 37.0 Å². The molecule has 5 aromatic rings. The number of fused-ring (bicyclic) bond motifs is 3. The molecule has 0 radical (unpaired) electrons. The molecule has 1 saturated heterocycles. The molecule has 0 unspecified atom stereocenters. The monoisotopic (exact) mass is 531 g/mol. The van der Waals surface area contributed by atoms with Gasteiger partial charge in [-0.2, -0.15) is 0 Å². The summed E-state index contributed by atoms with van der Waals surface area (Å²) in [5.41, 5.74) is 8.35. The lowest BCUT2D eigenvalue weighted by Gasteiger charge is -2.28. The molecule has 200 valence electrons. The Morgan fingerprint density at radius 2 is 1.75 bits per heavy atom. The van der Waals surface area contributed by atoms with Gasteiger partial charge in [-0.1, -0.05) is 18.2 Å². The number of nitrogens with one attached hydrogen (secondary N) is 2. The number of benzene rings is 3. The van der Waals surface area contributed by atoms with Gasteiger partial charge in [-0.25, -0.2) is 4.98 Å². The van der Waals surface area contributed by atoms with Gasteiger partial charge in [-0.3, -0.25) is 4.79 Å². The molecule has 4 heterocycles. The van der Waals surface area contributed by atoms with Crippen molar-refractivity contribution in [1.29, 1.82) is 0 Å². The quantitative estimate of drug-likeness (QED) is 0.290. The molecule has 2 aliphatic heterocycles. The highest BCUT2D eigenvalue weighted by Gasteiger charge is 2.20. The topological polar surface area (TPSA) is 80.1 Å². The minimum atomic E-state index is -0.135. The van der Waals surface area contributed by atoms with E-state index in [1.807, 2.05) is 65.3 Å². The Hall–Kier alpha value is -4.82. The highest BCUT2D eigenvalue weighted by atomic mass is 16.5. The van der Waals surface area contributed by atoms with Crippen molar-refractivity contribution in [2.75, 3.05) is 48.4 Å². The normalized spacial score (nSPS) is 14.6. The Morgan fingerprint density at radius 3 is 2.62 bits per heavy atom. The van der Waals surface area contributed by atoms with Gasteiger partial charge in [0.25, 0.3) is 5.91 Å². The van der Waals surface area contributed by atoms with Crippen molar-refractivity contribution >= 4 is 34.2 Å². The number of imidazole rings is 1. The molecule has 3 aromatic carbocycles. The molecule has 40 heavy (non-hydrogen) atoms. The van der Waals surface area contributed by atoms with Crippen LogP contribution in [0.15, 0.2) is 91.5 Å². The molecule has 0 bridgehead atoms. The van der Waals surface area contributed by atoms with Gasteiger partial charge < -0.3 is 29.4 Å². The summed E-state index contributed by atoms with van der Waals surface area (Å²) >= 11 is 0. The predicted molar refractivity (Wildman–Crippen MR) is 157 cm³/mol. The molecule has 8 nitrogen and oxygen atoms in total. The molecule has 0 spiro atoms. The van der Waals surface area contributed by atoms with E-state index in [-0.39, 0.29) is 5.91 Å². The summed E-state index contributed by atoms with van der Waals surface area (Å²) in [6.07, 6.45) is 6.33. The second-order valence-corrected chi connectivity index (χ2v) is 10.0. The number of amides is 1. The minimum absolute atomic E-state index is 0.135. The summed E-state index contributed by atoms with van der Waals surface area (Å²) in [6.45, 7) is 3.91. The zero-order valence-corrected chi connectivity index (χ0v) is 22.0. The van der Waals surface area contributed by atoms with Gasteiger partial charge in [-0.05, 0) is 65.7 Å². The number of nitrogens with zero attached hydrogens (tertiary/aromatic N) is 3.